The van der Waals surface area contributed by atoms with Gasteiger partial charge >= 0.3 is 0 Å². The number of tetrazole rings is 1. The lowest BCUT2D eigenvalue weighted by molar-refractivity contribution is 0.0984. The number of nitrogens with one attached hydrogen (secondary N) is 1. The summed E-state index contributed by atoms with van der Waals surface area (Å²) < 4.78 is 7.03. The van der Waals surface area contributed by atoms with E-state index in [0.29, 0.717) is 24.5 Å². The first-order valence-electron chi connectivity index (χ1n) is 12.4. The van der Waals surface area contributed by atoms with E-state index in [4.69, 9.17) is 4.74 Å². The zero-order chi connectivity index (χ0) is 25.1. The third kappa shape index (κ3) is 5.09. The van der Waals surface area contributed by atoms with E-state index >= 15 is 0 Å². The Hall–Kier alpha value is -3.40. The highest BCUT2D eigenvalue weighted by Crippen LogP contribution is 2.29. The summed E-state index contributed by atoms with van der Waals surface area (Å²) in [4.78, 5) is 21.4. The average Bonchev–Trinajstić information content (AvgIpc) is 3.33. The number of aryl methyl sites for hydroxylation is 2. The third-order valence-electron chi connectivity index (χ3n) is 6.95. The van der Waals surface area contributed by atoms with Gasteiger partial charge in [-0.3, -0.25) is 14.6 Å². The first-order valence-corrected chi connectivity index (χ1v) is 12.4. The molecule has 1 atom stereocenters. The maximum Gasteiger partial charge on any atom is 0.253 e. The van der Waals surface area contributed by atoms with Crippen molar-refractivity contribution < 1.29 is 4.74 Å². The lowest BCUT2D eigenvalue weighted by Crippen LogP contribution is -2.48. The second-order valence-corrected chi connectivity index (χ2v) is 9.55. The minimum atomic E-state index is -0.357. The quantitative estimate of drug-likeness (QED) is 0.409. The largest absolute Gasteiger partial charge is 0.383 e. The van der Waals surface area contributed by atoms with Gasteiger partial charge in [0.2, 0.25) is 0 Å². The third-order valence-corrected chi connectivity index (χ3v) is 6.95. The topological polar surface area (TPSA) is 92.2 Å². The fraction of sp³-hybridized carbons (Fsp3) is 0.407. The number of rotatable bonds is 8. The molecule has 0 saturated carbocycles. The van der Waals surface area contributed by atoms with Crippen LogP contribution in [0.15, 0.2) is 53.3 Å². The number of aromatic nitrogens is 5. The normalized spacial score (nSPS) is 16.0. The van der Waals surface area contributed by atoms with E-state index in [0.717, 1.165) is 54.8 Å². The van der Waals surface area contributed by atoms with Crippen LogP contribution < -0.4 is 5.56 Å². The molecule has 36 heavy (non-hydrogen) atoms. The van der Waals surface area contributed by atoms with E-state index in [1.54, 1.807) is 11.8 Å². The Kier molecular flexibility index (Phi) is 7.22. The minimum absolute atomic E-state index is 0.104. The van der Waals surface area contributed by atoms with Crippen LogP contribution in [0, 0.1) is 13.8 Å². The summed E-state index contributed by atoms with van der Waals surface area (Å²) in [6, 6.07) is 16.4. The Morgan fingerprint density at radius 1 is 1.06 bits per heavy atom. The smallest absolute Gasteiger partial charge is 0.253 e. The van der Waals surface area contributed by atoms with Gasteiger partial charge in [-0.15, -0.1) is 5.10 Å². The van der Waals surface area contributed by atoms with Gasteiger partial charge in [0.05, 0.1) is 18.7 Å². The monoisotopic (exact) mass is 487 g/mol. The van der Waals surface area contributed by atoms with Crippen LogP contribution in [0.3, 0.4) is 0 Å². The average molecular weight is 488 g/mol. The molecule has 2 aromatic heterocycles. The van der Waals surface area contributed by atoms with Crippen molar-refractivity contribution in [2.75, 3.05) is 39.9 Å². The predicted molar refractivity (Wildman–Crippen MR) is 139 cm³/mol. The molecule has 1 aliphatic rings. The van der Waals surface area contributed by atoms with Gasteiger partial charge in [0.1, 0.15) is 6.04 Å². The predicted octanol–water partition coefficient (Wildman–Crippen LogP) is 2.69. The number of hydrogen-bond donors (Lipinski definition) is 1. The number of fused-ring (bicyclic) bond motifs is 1. The summed E-state index contributed by atoms with van der Waals surface area (Å²) in [6.45, 7) is 9.43. The van der Waals surface area contributed by atoms with Crippen molar-refractivity contribution in [3.05, 3.63) is 87.0 Å². The Morgan fingerprint density at radius 2 is 1.83 bits per heavy atom. The van der Waals surface area contributed by atoms with Crippen LogP contribution in [-0.2, 0) is 17.8 Å². The van der Waals surface area contributed by atoms with E-state index in [-0.39, 0.29) is 11.6 Å². The summed E-state index contributed by atoms with van der Waals surface area (Å²) in [5.74, 6) is 0.665. The molecule has 3 heterocycles. The molecule has 4 aromatic rings. The lowest BCUT2D eigenvalue weighted by Gasteiger charge is -2.38. The summed E-state index contributed by atoms with van der Waals surface area (Å²) >= 11 is 0. The van der Waals surface area contributed by atoms with Crippen molar-refractivity contribution >= 4 is 10.9 Å². The van der Waals surface area contributed by atoms with Gasteiger partial charge in [-0.2, -0.15) is 0 Å². The van der Waals surface area contributed by atoms with E-state index in [9.17, 15) is 4.79 Å². The van der Waals surface area contributed by atoms with Gasteiger partial charge in [-0.25, -0.2) is 4.68 Å². The van der Waals surface area contributed by atoms with Gasteiger partial charge in [-0.1, -0.05) is 42.0 Å². The van der Waals surface area contributed by atoms with Crippen LogP contribution in [0.25, 0.3) is 10.9 Å². The van der Waals surface area contributed by atoms with Gasteiger partial charge in [0, 0.05) is 45.4 Å². The Morgan fingerprint density at radius 3 is 2.58 bits per heavy atom. The molecule has 1 aliphatic heterocycles. The second kappa shape index (κ2) is 10.7. The highest BCUT2D eigenvalue weighted by molar-refractivity contribution is 5.83. The van der Waals surface area contributed by atoms with Crippen LogP contribution in [0.2, 0.25) is 0 Å². The maximum atomic E-state index is 13.5. The zero-order valence-corrected chi connectivity index (χ0v) is 21.1. The number of aromatic amines is 1. The van der Waals surface area contributed by atoms with Gasteiger partial charge in [0.25, 0.3) is 5.56 Å². The Labute approximate surface area is 210 Å². The van der Waals surface area contributed by atoms with Crippen LogP contribution in [0.1, 0.15) is 34.1 Å². The maximum absolute atomic E-state index is 13.5. The number of H-pyrrole nitrogens is 1. The van der Waals surface area contributed by atoms with Crippen molar-refractivity contribution in [2.45, 2.75) is 33.0 Å². The molecule has 1 fully saturated rings. The molecule has 1 N–H and O–H groups in total. The number of pyridine rings is 1. The van der Waals surface area contributed by atoms with Crippen LogP contribution >= 0.6 is 0 Å². The molecule has 0 unspecified atom stereocenters. The first kappa shape index (κ1) is 24.3. The van der Waals surface area contributed by atoms with Gasteiger partial charge in [-0.05, 0) is 52.9 Å². The van der Waals surface area contributed by atoms with E-state index in [2.05, 4.69) is 73.6 Å². The number of nitrogens with zero attached hydrogens (tertiary/aromatic N) is 6. The van der Waals surface area contributed by atoms with Gasteiger partial charge < -0.3 is 9.72 Å². The highest BCUT2D eigenvalue weighted by Gasteiger charge is 2.32. The molecule has 0 spiro atoms. The molecule has 2 aromatic carbocycles. The number of piperazine rings is 1. The fourth-order valence-electron chi connectivity index (χ4n) is 5.17. The van der Waals surface area contributed by atoms with Crippen LogP contribution in [-0.4, -0.2) is 74.9 Å². The summed E-state index contributed by atoms with van der Waals surface area (Å²) in [5.41, 5.74) is 4.96. The van der Waals surface area contributed by atoms with Crippen molar-refractivity contribution in [1.82, 2.24) is 35.0 Å². The first-order chi connectivity index (χ1) is 17.5. The number of hydrogen-bond acceptors (Lipinski definition) is 7. The standard InChI is InChI=1S/C27H33N7O2/c1-19-15-20(2)24-22(16-19)17-23(27(35)28-24)25(26-29-30-31-34(26)13-14-36-3)33-11-9-32(10-12-33)18-21-7-5-4-6-8-21/h4-8,15-17,25H,9-14,18H2,1-3H3,(H,28,35)/t25-/m0/s1. The molecule has 9 nitrogen and oxygen atoms in total. The number of benzene rings is 2. The highest BCUT2D eigenvalue weighted by atomic mass is 16.5. The lowest BCUT2D eigenvalue weighted by atomic mass is 10.00. The van der Waals surface area contributed by atoms with E-state index in [1.807, 2.05) is 19.1 Å². The van der Waals surface area contributed by atoms with Crippen molar-refractivity contribution in [3.63, 3.8) is 0 Å². The SMILES string of the molecule is COCCn1nnnc1[C@H](c1cc2cc(C)cc(C)c2[nH]c1=O)N1CCN(Cc2ccccc2)CC1. The number of ether oxygens (including phenoxy) is 1. The number of methoxy groups -OCH3 is 1. The van der Waals surface area contributed by atoms with Crippen molar-refractivity contribution in [1.29, 1.82) is 0 Å². The molecule has 1 saturated heterocycles. The molecule has 9 heteroatoms. The minimum Gasteiger partial charge on any atom is -0.383 e. The molecule has 0 bridgehead atoms. The van der Waals surface area contributed by atoms with E-state index in [1.165, 1.54) is 5.56 Å². The summed E-state index contributed by atoms with van der Waals surface area (Å²) in [5, 5.41) is 13.6. The Balaban J connectivity index is 1.49. The van der Waals surface area contributed by atoms with Crippen LogP contribution in [0.5, 0.6) is 0 Å². The second-order valence-electron chi connectivity index (χ2n) is 9.55. The summed E-state index contributed by atoms with van der Waals surface area (Å²) in [6.07, 6.45) is 0. The zero-order valence-electron chi connectivity index (χ0n) is 21.1. The van der Waals surface area contributed by atoms with E-state index < -0.39 is 0 Å². The molecule has 5 rings (SSSR count). The van der Waals surface area contributed by atoms with Crippen molar-refractivity contribution in [3.8, 4) is 0 Å². The summed E-state index contributed by atoms with van der Waals surface area (Å²) in [7, 11) is 1.66. The fourth-order valence-corrected chi connectivity index (χ4v) is 5.17. The van der Waals surface area contributed by atoms with Gasteiger partial charge in [0.15, 0.2) is 5.82 Å². The molecule has 0 aliphatic carbocycles. The van der Waals surface area contributed by atoms with Crippen LogP contribution in [0.4, 0.5) is 0 Å². The van der Waals surface area contributed by atoms with Crippen molar-refractivity contribution in [2.24, 2.45) is 0 Å². The molecule has 0 radical (unpaired) electrons. The molecule has 188 valence electrons. The molecular formula is C27H33N7O2. The Bertz CT molecular complexity index is 1370. The molecule has 0 amide bonds. The molecular weight excluding hydrogens is 454 g/mol.